The first-order valence-electron chi connectivity index (χ1n) is 10.2. The van der Waals surface area contributed by atoms with Gasteiger partial charge in [0.2, 0.25) is 0 Å². The zero-order chi connectivity index (χ0) is 17.2. The number of benzene rings is 1. The van der Waals surface area contributed by atoms with Crippen molar-refractivity contribution in [1.82, 2.24) is 0 Å². The number of nitrogens with zero attached hydrogens (tertiary/aromatic N) is 1. The first kappa shape index (κ1) is 19.0. The first-order chi connectivity index (χ1) is 11.8. The maximum Gasteiger partial charge on any atom is 0.0662 e. The second kappa shape index (κ2) is 10.5. The number of hydrogen-bond acceptors (Lipinski definition) is 1. The summed E-state index contributed by atoms with van der Waals surface area (Å²) in [5, 5.41) is 9.67. The van der Waals surface area contributed by atoms with Crippen LogP contribution in [0.15, 0.2) is 24.3 Å². The Bertz CT molecular complexity index is 488. The van der Waals surface area contributed by atoms with Crippen molar-refractivity contribution in [2.75, 3.05) is 0 Å². The monoisotopic (exact) mass is 325 g/mol. The minimum atomic E-state index is 0.207. The van der Waals surface area contributed by atoms with Crippen molar-refractivity contribution in [3.05, 3.63) is 35.4 Å². The molecule has 1 nitrogen and oxygen atoms in total. The molecule has 0 aliphatic heterocycles. The van der Waals surface area contributed by atoms with Crippen LogP contribution >= 0.6 is 0 Å². The standard InChI is InChI=1S/C23H35N/c1-3-5-6-8-20-13-15-22(16-14-20)23(18-24)17-21-11-9-19(7-4-2)10-12-21/h9-12,20,22-23H,3-8,13-17H2,1-2H3/t20-,22-,23?. The third kappa shape index (κ3) is 5.97. The summed E-state index contributed by atoms with van der Waals surface area (Å²) in [6.45, 7) is 4.50. The number of aryl methyl sites for hydroxylation is 1. The lowest BCUT2D eigenvalue weighted by molar-refractivity contribution is 0.221. The van der Waals surface area contributed by atoms with Gasteiger partial charge in [0, 0.05) is 0 Å². The number of hydrogen-bond donors (Lipinski definition) is 0. The van der Waals surface area contributed by atoms with Crippen LogP contribution in [0.5, 0.6) is 0 Å². The molecular formula is C23H35N. The van der Waals surface area contributed by atoms with Crippen molar-refractivity contribution in [2.45, 2.75) is 84.5 Å². The summed E-state index contributed by atoms with van der Waals surface area (Å²) in [6.07, 6.45) is 14.0. The first-order valence-corrected chi connectivity index (χ1v) is 10.2. The molecule has 1 aromatic rings. The predicted octanol–water partition coefficient (Wildman–Crippen LogP) is 6.71. The molecule has 0 saturated heterocycles. The third-order valence-electron chi connectivity index (χ3n) is 5.86. The molecule has 1 aromatic carbocycles. The topological polar surface area (TPSA) is 23.8 Å². The van der Waals surface area contributed by atoms with Crippen LogP contribution in [0.2, 0.25) is 0 Å². The van der Waals surface area contributed by atoms with Gasteiger partial charge in [0.15, 0.2) is 0 Å². The fourth-order valence-corrected chi connectivity index (χ4v) is 4.26. The van der Waals surface area contributed by atoms with E-state index in [1.165, 1.54) is 68.9 Å². The van der Waals surface area contributed by atoms with Gasteiger partial charge in [0.05, 0.1) is 12.0 Å². The zero-order valence-corrected chi connectivity index (χ0v) is 15.8. The van der Waals surface area contributed by atoms with Crippen LogP contribution in [0, 0.1) is 29.1 Å². The summed E-state index contributed by atoms with van der Waals surface area (Å²) < 4.78 is 0. The molecule has 0 amide bonds. The number of unbranched alkanes of at least 4 members (excludes halogenated alkanes) is 2. The lowest BCUT2D eigenvalue weighted by Crippen LogP contribution is -2.22. The van der Waals surface area contributed by atoms with Crippen LogP contribution in [-0.2, 0) is 12.8 Å². The minimum Gasteiger partial charge on any atom is -0.198 e. The summed E-state index contributed by atoms with van der Waals surface area (Å²) in [7, 11) is 0. The van der Waals surface area contributed by atoms with Gasteiger partial charge in [-0.05, 0) is 48.6 Å². The van der Waals surface area contributed by atoms with Gasteiger partial charge in [-0.25, -0.2) is 0 Å². The van der Waals surface area contributed by atoms with Gasteiger partial charge in [-0.15, -0.1) is 0 Å². The van der Waals surface area contributed by atoms with Crippen molar-refractivity contribution in [1.29, 1.82) is 5.26 Å². The Morgan fingerprint density at radius 1 is 0.958 bits per heavy atom. The van der Waals surface area contributed by atoms with Crippen LogP contribution in [-0.4, -0.2) is 0 Å². The Kier molecular flexibility index (Phi) is 8.37. The average Bonchev–Trinajstić information content (AvgIpc) is 2.62. The van der Waals surface area contributed by atoms with Crippen molar-refractivity contribution in [3.63, 3.8) is 0 Å². The smallest absolute Gasteiger partial charge is 0.0662 e. The van der Waals surface area contributed by atoms with Gasteiger partial charge in [0.25, 0.3) is 0 Å². The van der Waals surface area contributed by atoms with Crippen molar-refractivity contribution in [3.8, 4) is 6.07 Å². The number of rotatable bonds is 9. The summed E-state index contributed by atoms with van der Waals surface area (Å²) in [5.41, 5.74) is 2.76. The molecule has 1 fully saturated rings. The molecule has 1 aliphatic carbocycles. The highest BCUT2D eigenvalue weighted by Gasteiger charge is 2.27. The van der Waals surface area contributed by atoms with E-state index in [0.717, 1.165) is 18.8 Å². The van der Waals surface area contributed by atoms with Gasteiger partial charge in [0.1, 0.15) is 0 Å². The largest absolute Gasteiger partial charge is 0.198 e. The maximum atomic E-state index is 9.67. The van der Waals surface area contributed by atoms with E-state index in [-0.39, 0.29) is 5.92 Å². The average molecular weight is 326 g/mol. The molecule has 1 atom stereocenters. The van der Waals surface area contributed by atoms with Crippen LogP contribution in [0.1, 0.15) is 82.8 Å². The van der Waals surface area contributed by atoms with E-state index in [9.17, 15) is 5.26 Å². The summed E-state index contributed by atoms with van der Waals surface area (Å²) in [6, 6.07) is 11.6. The van der Waals surface area contributed by atoms with Gasteiger partial charge in [-0.3, -0.25) is 0 Å². The molecule has 0 radical (unpaired) electrons. The minimum absolute atomic E-state index is 0.207. The summed E-state index contributed by atoms with van der Waals surface area (Å²) in [5.74, 6) is 1.76. The fraction of sp³-hybridized carbons (Fsp3) is 0.696. The van der Waals surface area contributed by atoms with Gasteiger partial charge >= 0.3 is 0 Å². The molecule has 1 saturated carbocycles. The van der Waals surface area contributed by atoms with Gasteiger partial charge < -0.3 is 0 Å². The Hall–Kier alpha value is -1.29. The molecule has 0 spiro atoms. The molecule has 0 bridgehead atoms. The third-order valence-corrected chi connectivity index (χ3v) is 5.86. The molecule has 2 rings (SSSR count). The zero-order valence-electron chi connectivity index (χ0n) is 15.8. The van der Waals surface area contributed by atoms with E-state index in [1.54, 1.807) is 0 Å². The highest BCUT2D eigenvalue weighted by atomic mass is 14.4. The van der Waals surface area contributed by atoms with Crippen LogP contribution in [0.3, 0.4) is 0 Å². The van der Waals surface area contributed by atoms with Crippen molar-refractivity contribution >= 4 is 0 Å². The second-order valence-electron chi connectivity index (χ2n) is 7.78. The second-order valence-corrected chi connectivity index (χ2v) is 7.78. The molecular weight excluding hydrogens is 290 g/mol. The molecule has 1 aliphatic rings. The predicted molar refractivity (Wildman–Crippen MR) is 103 cm³/mol. The highest BCUT2D eigenvalue weighted by Crippen LogP contribution is 2.36. The van der Waals surface area contributed by atoms with Gasteiger partial charge in [-0.1, -0.05) is 83.1 Å². The molecule has 0 N–H and O–H groups in total. The molecule has 1 unspecified atom stereocenters. The Labute approximate surface area is 149 Å². The molecule has 132 valence electrons. The fourth-order valence-electron chi connectivity index (χ4n) is 4.26. The van der Waals surface area contributed by atoms with E-state index >= 15 is 0 Å². The SMILES string of the molecule is CCCCC[C@H]1CC[C@H](C(C#N)Cc2ccc(CCC)cc2)CC1. The summed E-state index contributed by atoms with van der Waals surface area (Å²) in [4.78, 5) is 0. The van der Waals surface area contributed by atoms with Gasteiger partial charge in [-0.2, -0.15) is 5.26 Å². The van der Waals surface area contributed by atoms with Crippen molar-refractivity contribution < 1.29 is 0 Å². The van der Waals surface area contributed by atoms with E-state index in [2.05, 4.69) is 44.2 Å². The van der Waals surface area contributed by atoms with E-state index in [0.29, 0.717) is 5.92 Å². The van der Waals surface area contributed by atoms with Crippen LogP contribution in [0.25, 0.3) is 0 Å². The normalized spacial score (nSPS) is 22.0. The number of nitriles is 1. The summed E-state index contributed by atoms with van der Waals surface area (Å²) >= 11 is 0. The molecule has 0 heterocycles. The quantitative estimate of drug-likeness (QED) is 0.463. The maximum absolute atomic E-state index is 9.67. The van der Waals surface area contributed by atoms with Crippen LogP contribution in [0.4, 0.5) is 0 Å². The van der Waals surface area contributed by atoms with Crippen LogP contribution < -0.4 is 0 Å². The molecule has 1 heteroatoms. The Balaban J connectivity index is 1.81. The van der Waals surface area contributed by atoms with E-state index < -0.39 is 0 Å². The lowest BCUT2D eigenvalue weighted by atomic mass is 9.73. The Morgan fingerprint density at radius 2 is 1.62 bits per heavy atom. The Morgan fingerprint density at radius 3 is 2.21 bits per heavy atom. The van der Waals surface area contributed by atoms with E-state index in [4.69, 9.17) is 0 Å². The molecule has 0 aromatic heterocycles. The molecule has 24 heavy (non-hydrogen) atoms. The lowest BCUT2D eigenvalue weighted by Gasteiger charge is -2.31. The van der Waals surface area contributed by atoms with E-state index in [1.807, 2.05) is 0 Å². The van der Waals surface area contributed by atoms with Crippen molar-refractivity contribution in [2.24, 2.45) is 17.8 Å². The highest BCUT2D eigenvalue weighted by molar-refractivity contribution is 5.23.